The molecule has 0 saturated carbocycles. The Morgan fingerprint density at radius 3 is 2.62 bits per heavy atom. The van der Waals surface area contributed by atoms with E-state index in [4.69, 9.17) is 33.7 Å². The number of hydrogen-bond donors (Lipinski definition) is 1. The number of benzene rings is 2. The molecule has 2 aromatic carbocycles. The first-order chi connectivity index (χ1) is 12.0. The Morgan fingerprint density at radius 1 is 1.23 bits per heavy atom. The van der Waals surface area contributed by atoms with Gasteiger partial charge in [0, 0.05) is 22.6 Å². The van der Waals surface area contributed by atoms with Crippen LogP contribution in [-0.2, 0) is 0 Å². The summed E-state index contributed by atoms with van der Waals surface area (Å²) < 4.78 is 5.90. The summed E-state index contributed by atoms with van der Waals surface area (Å²) in [6, 6.07) is 12.2. The molecule has 4 nitrogen and oxygen atoms in total. The first-order valence-corrected chi connectivity index (χ1v) is 8.97. The van der Waals surface area contributed by atoms with Crippen molar-refractivity contribution < 1.29 is 9.53 Å². The van der Waals surface area contributed by atoms with E-state index in [1.165, 1.54) is 0 Å². The molecule has 0 aliphatic carbocycles. The van der Waals surface area contributed by atoms with E-state index in [-0.39, 0.29) is 24.4 Å². The van der Waals surface area contributed by atoms with E-state index in [1.54, 1.807) is 42.5 Å². The highest BCUT2D eigenvalue weighted by Crippen LogP contribution is 2.32. The van der Waals surface area contributed by atoms with E-state index >= 15 is 0 Å². The molecule has 3 rings (SSSR count). The summed E-state index contributed by atoms with van der Waals surface area (Å²) in [5.74, 6) is 1.26. The van der Waals surface area contributed by atoms with E-state index in [0.29, 0.717) is 46.1 Å². The van der Waals surface area contributed by atoms with Crippen LogP contribution in [0.15, 0.2) is 42.5 Å². The highest BCUT2D eigenvalue weighted by molar-refractivity contribution is 6.31. The lowest BCUT2D eigenvalue weighted by Gasteiger charge is -2.23. The summed E-state index contributed by atoms with van der Waals surface area (Å²) in [6.45, 7) is 3.27. The second-order valence-electron chi connectivity index (χ2n) is 6.34. The smallest absolute Gasteiger partial charge is 0.257 e. The highest BCUT2D eigenvalue weighted by Gasteiger charge is 2.33. The number of hydrogen-bond acceptors (Lipinski definition) is 3. The van der Waals surface area contributed by atoms with Crippen molar-refractivity contribution in [1.29, 1.82) is 0 Å². The molecular formula is C19H21Cl3N2O2. The van der Waals surface area contributed by atoms with E-state index in [1.807, 2.05) is 11.8 Å². The zero-order valence-corrected chi connectivity index (χ0v) is 16.7. The maximum absolute atomic E-state index is 13.1. The molecule has 1 saturated heterocycles. The SMILES string of the molecule is CC1CC(CN)CN1C(=O)c1cc(Cl)ccc1Oc1cccc(Cl)c1.Cl. The highest BCUT2D eigenvalue weighted by atomic mass is 35.5. The van der Waals surface area contributed by atoms with Gasteiger partial charge in [0.1, 0.15) is 11.5 Å². The van der Waals surface area contributed by atoms with Crippen molar-refractivity contribution in [2.45, 2.75) is 19.4 Å². The third kappa shape index (κ3) is 4.63. The Morgan fingerprint density at radius 2 is 1.96 bits per heavy atom. The Balaban J connectivity index is 0.00000243. The second-order valence-corrected chi connectivity index (χ2v) is 7.22. The number of ether oxygens (including phenoxy) is 1. The number of likely N-dealkylation sites (tertiary alicyclic amines) is 1. The standard InChI is InChI=1S/C19H20Cl2N2O2.ClH/c1-12-7-13(10-22)11-23(12)19(24)17-9-15(21)5-6-18(17)25-16-4-2-3-14(20)8-16;/h2-6,8-9,12-13H,7,10-11,22H2,1H3;1H. The van der Waals surface area contributed by atoms with Crippen molar-refractivity contribution in [3.05, 3.63) is 58.1 Å². The summed E-state index contributed by atoms with van der Waals surface area (Å²) >= 11 is 12.1. The van der Waals surface area contributed by atoms with Gasteiger partial charge in [-0.3, -0.25) is 4.79 Å². The monoisotopic (exact) mass is 414 g/mol. The summed E-state index contributed by atoms with van der Waals surface area (Å²) in [7, 11) is 0. The molecule has 26 heavy (non-hydrogen) atoms. The van der Waals surface area contributed by atoms with E-state index in [0.717, 1.165) is 6.42 Å². The quantitative estimate of drug-likeness (QED) is 0.763. The largest absolute Gasteiger partial charge is 0.456 e. The number of carbonyl (C=O) groups excluding carboxylic acids is 1. The van der Waals surface area contributed by atoms with Gasteiger partial charge in [0.15, 0.2) is 0 Å². The van der Waals surface area contributed by atoms with Crippen LogP contribution >= 0.6 is 35.6 Å². The van der Waals surface area contributed by atoms with Crippen LogP contribution in [0.5, 0.6) is 11.5 Å². The van der Waals surface area contributed by atoms with Crippen molar-refractivity contribution in [1.82, 2.24) is 4.90 Å². The van der Waals surface area contributed by atoms with Gasteiger partial charge in [-0.2, -0.15) is 0 Å². The Bertz CT molecular complexity index is 785. The van der Waals surface area contributed by atoms with Gasteiger partial charge >= 0.3 is 0 Å². The fourth-order valence-corrected chi connectivity index (χ4v) is 3.52. The third-order valence-corrected chi connectivity index (χ3v) is 4.92. The zero-order valence-electron chi connectivity index (χ0n) is 14.3. The summed E-state index contributed by atoms with van der Waals surface area (Å²) in [6.07, 6.45) is 0.910. The number of halogens is 3. The van der Waals surface area contributed by atoms with Gasteiger partial charge in [-0.15, -0.1) is 12.4 Å². The van der Waals surface area contributed by atoms with Crippen LogP contribution in [0.2, 0.25) is 10.0 Å². The number of nitrogens with zero attached hydrogens (tertiary/aromatic N) is 1. The fourth-order valence-electron chi connectivity index (χ4n) is 3.17. The lowest BCUT2D eigenvalue weighted by molar-refractivity contribution is 0.0741. The molecule has 0 bridgehead atoms. The molecular weight excluding hydrogens is 395 g/mol. The van der Waals surface area contributed by atoms with Gasteiger partial charge < -0.3 is 15.4 Å². The molecule has 1 aliphatic heterocycles. The van der Waals surface area contributed by atoms with Gasteiger partial charge in [0.2, 0.25) is 0 Å². The van der Waals surface area contributed by atoms with Crippen molar-refractivity contribution in [2.24, 2.45) is 11.7 Å². The minimum atomic E-state index is -0.0945. The number of nitrogens with two attached hydrogens (primary N) is 1. The maximum Gasteiger partial charge on any atom is 0.257 e. The molecule has 1 aliphatic rings. The van der Waals surface area contributed by atoms with Gasteiger partial charge in [0.05, 0.1) is 5.56 Å². The minimum Gasteiger partial charge on any atom is -0.456 e. The molecule has 7 heteroatoms. The van der Waals surface area contributed by atoms with E-state index in [2.05, 4.69) is 0 Å². The zero-order chi connectivity index (χ0) is 18.0. The van der Waals surface area contributed by atoms with Crippen molar-refractivity contribution >= 4 is 41.5 Å². The molecule has 1 heterocycles. The van der Waals surface area contributed by atoms with Gasteiger partial charge in [-0.05, 0) is 62.2 Å². The van der Waals surface area contributed by atoms with Crippen LogP contribution in [0.25, 0.3) is 0 Å². The minimum absolute atomic E-state index is 0. The maximum atomic E-state index is 13.1. The Hall–Kier alpha value is -1.46. The van der Waals surface area contributed by atoms with Crippen LogP contribution in [0, 0.1) is 5.92 Å². The lowest BCUT2D eigenvalue weighted by atomic mass is 10.1. The van der Waals surface area contributed by atoms with Gasteiger partial charge in [-0.1, -0.05) is 29.3 Å². The molecule has 2 aromatic rings. The van der Waals surface area contributed by atoms with Crippen molar-refractivity contribution in [3.63, 3.8) is 0 Å². The number of amides is 1. The lowest BCUT2D eigenvalue weighted by Crippen LogP contribution is -2.34. The molecule has 2 unspecified atom stereocenters. The number of rotatable bonds is 4. The topological polar surface area (TPSA) is 55.6 Å². The van der Waals surface area contributed by atoms with Crippen LogP contribution in [0.4, 0.5) is 0 Å². The average molecular weight is 416 g/mol. The molecule has 2 atom stereocenters. The Kier molecular flexibility index (Phi) is 7.18. The fraction of sp³-hybridized carbons (Fsp3) is 0.316. The predicted octanol–water partition coefficient (Wildman–Crippen LogP) is 5.02. The van der Waals surface area contributed by atoms with E-state index in [9.17, 15) is 4.79 Å². The number of carbonyl (C=O) groups is 1. The van der Waals surface area contributed by atoms with E-state index < -0.39 is 0 Å². The van der Waals surface area contributed by atoms with Crippen LogP contribution in [0.3, 0.4) is 0 Å². The summed E-state index contributed by atoms with van der Waals surface area (Å²) in [4.78, 5) is 14.9. The van der Waals surface area contributed by atoms with Crippen molar-refractivity contribution in [2.75, 3.05) is 13.1 Å². The van der Waals surface area contributed by atoms with Crippen molar-refractivity contribution in [3.8, 4) is 11.5 Å². The molecule has 1 fully saturated rings. The summed E-state index contributed by atoms with van der Waals surface area (Å²) in [5, 5.41) is 1.06. The third-order valence-electron chi connectivity index (χ3n) is 4.45. The molecule has 2 N–H and O–H groups in total. The Labute approximate surface area is 169 Å². The molecule has 1 amide bonds. The van der Waals surface area contributed by atoms with Crippen LogP contribution in [0.1, 0.15) is 23.7 Å². The van der Waals surface area contributed by atoms with Gasteiger partial charge in [-0.25, -0.2) is 0 Å². The predicted molar refractivity (Wildman–Crippen MR) is 108 cm³/mol. The normalized spacial score (nSPS) is 19.2. The van der Waals surface area contributed by atoms with Crippen LogP contribution < -0.4 is 10.5 Å². The first-order valence-electron chi connectivity index (χ1n) is 8.22. The second kappa shape index (κ2) is 8.96. The molecule has 0 aromatic heterocycles. The molecule has 140 valence electrons. The van der Waals surface area contributed by atoms with Crippen LogP contribution in [-0.4, -0.2) is 29.9 Å². The molecule has 0 spiro atoms. The molecule has 0 radical (unpaired) electrons. The first kappa shape index (κ1) is 20.8. The average Bonchev–Trinajstić information content (AvgIpc) is 2.97. The summed E-state index contributed by atoms with van der Waals surface area (Å²) in [5.41, 5.74) is 6.21. The van der Waals surface area contributed by atoms with Gasteiger partial charge in [0.25, 0.3) is 5.91 Å².